The number of ketones is 1. The summed E-state index contributed by atoms with van der Waals surface area (Å²) >= 11 is 1.23. The molecular weight excluding hydrogens is 374 g/mol. The van der Waals surface area contributed by atoms with Gasteiger partial charge in [-0.1, -0.05) is 42.1 Å². The number of fused-ring (bicyclic) bond motifs is 2. The van der Waals surface area contributed by atoms with Crippen molar-refractivity contribution in [3.8, 4) is 0 Å². The standard InChI is InChI=1S/C21H17N3O3S/c1-13-21(14-6-2-3-7-15(14)23-13)18(25)11-27-20(26)12-28-19-10-22-16-8-4-5-9-17(16)24-19/h2-10,23H,11-12H2,1H3. The highest BCUT2D eigenvalue weighted by molar-refractivity contribution is 7.99. The number of thioether (sulfide) groups is 1. The molecule has 0 saturated heterocycles. The van der Waals surface area contributed by atoms with E-state index in [4.69, 9.17) is 4.74 Å². The van der Waals surface area contributed by atoms with Gasteiger partial charge < -0.3 is 9.72 Å². The van der Waals surface area contributed by atoms with Crippen LogP contribution < -0.4 is 0 Å². The molecule has 6 nitrogen and oxygen atoms in total. The Hall–Kier alpha value is -3.19. The third-order valence-corrected chi connectivity index (χ3v) is 5.17. The van der Waals surface area contributed by atoms with Gasteiger partial charge in [-0.25, -0.2) is 4.98 Å². The fourth-order valence-corrected chi connectivity index (χ4v) is 3.68. The van der Waals surface area contributed by atoms with E-state index in [1.54, 1.807) is 6.20 Å². The maximum Gasteiger partial charge on any atom is 0.316 e. The van der Waals surface area contributed by atoms with Crippen molar-refractivity contribution in [3.63, 3.8) is 0 Å². The number of H-pyrrole nitrogens is 1. The summed E-state index contributed by atoms with van der Waals surface area (Å²) in [6.07, 6.45) is 1.63. The number of Topliss-reactive ketones (excluding diaryl/α,β-unsaturated/α-hetero) is 1. The summed E-state index contributed by atoms with van der Waals surface area (Å²) in [5.41, 5.74) is 3.79. The van der Waals surface area contributed by atoms with Crippen molar-refractivity contribution >= 4 is 45.5 Å². The number of benzene rings is 2. The first-order valence-electron chi connectivity index (χ1n) is 8.72. The Morgan fingerprint density at radius 3 is 2.68 bits per heavy atom. The topological polar surface area (TPSA) is 84.9 Å². The van der Waals surface area contributed by atoms with Gasteiger partial charge in [-0.05, 0) is 25.1 Å². The lowest BCUT2D eigenvalue weighted by Gasteiger charge is -2.05. The maximum atomic E-state index is 12.5. The average molecular weight is 391 g/mol. The summed E-state index contributed by atoms with van der Waals surface area (Å²) in [7, 11) is 0. The highest BCUT2D eigenvalue weighted by Crippen LogP contribution is 2.22. The Bertz CT molecular complexity index is 1190. The predicted octanol–water partition coefficient (Wildman–Crippen LogP) is 3.94. The number of hydrogen-bond acceptors (Lipinski definition) is 6. The van der Waals surface area contributed by atoms with E-state index in [-0.39, 0.29) is 18.1 Å². The van der Waals surface area contributed by atoms with Crippen LogP contribution >= 0.6 is 11.8 Å². The third-order valence-electron chi connectivity index (χ3n) is 4.30. The maximum absolute atomic E-state index is 12.5. The molecule has 0 fully saturated rings. The quantitative estimate of drug-likeness (QED) is 0.304. The molecule has 0 aliphatic carbocycles. The van der Waals surface area contributed by atoms with Gasteiger partial charge in [0.05, 0.1) is 23.0 Å². The molecule has 4 aromatic rings. The number of nitrogens with zero attached hydrogens (tertiary/aromatic N) is 2. The van der Waals surface area contributed by atoms with Crippen molar-refractivity contribution in [1.29, 1.82) is 0 Å². The smallest absolute Gasteiger partial charge is 0.316 e. The van der Waals surface area contributed by atoms with Gasteiger partial charge in [0.25, 0.3) is 0 Å². The minimum atomic E-state index is -0.467. The molecule has 0 atom stereocenters. The van der Waals surface area contributed by atoms with Crippen LogP contribution in [-0.4, -0.2) is 39.1 Å². The summed E-state index contributed by atoms with van der Waals surface area (Å²) in [5, 5.41) is 1.47. The molecule has 0 radical (unpaired) electrons. The lowest BCUT2D eigenvalue weighted by Crippen LogP contribution is -2.16. The van der Waals surface area contributed by atoms with Crippen molar-refractivity contribution in [2.24, 2.45) is 0 Å². The van der Waals surface area contributed by atoms with Gasteiger partial charge in [-0.2, -0.15) is 0 Å². The highest BCUT2D eigenvalue weighted by Gasteiger charge is 2.17. The van der Waals surface area contributed by atoms with E-state index >= 15 is 0 Å². The Labute approximate surface area is 165 Å². The minimum absolute atomic E-state index is 0.0627. The number of aryl methyl sites for hydroxylation is 1. The molecule has 1 N–H and O–H groups in total. The van der Waals surface area contributed by atoms with Crippen LogP contribution in [0.2, 0.25) is 0 Å². The molecular formula is C21H17N3O3S. The fraction of sp³-hybridized carbons (Fsp3) is 0.143. The van der Waals surface area contributed by atoms with Crippen molar-refractivity contribution in [2.75, 3.05) is 12.4 Å². The third kappa shape index (κ3) is 3.75. The Morgan fingerprint density at radius 2 is 1.82 bits per heavy atom. The summed E-state index contributed by atoms with van der Waals surface area (Å²) in [4.78, 5) is 36.5. The summed E-state index contributed by atoms with van der Waals surface area (Å²) in [5.74, 6) is -0.628. The zero-order valence-electron chi connectivity index (χ0n) is 15.1. The van der Waals surface area contributed by atoms with E-state index in [1.807, 2.05) is 55.5 Å². The second kappa shape index (κ2) is 7.82. The lowest BCUT2D eigenvalue weighted by molar-refractivity contribution is -0.139. The number of carbonyl (C=O) groups is 2. The number of rotatable bonds is 6. The number of para-hydroxylation sites is 3. The summed E-state index contributed by atoms with van der Waals surface area (Å²) in [6.45, 7) is 1.55. The molecule has 0 aliphatic heterocycles. The van der Waals surface area contributed by atoms with Crippen LogP contribution in [0, 0.1) is 6.92 Å². The number of aromatic amines is 1. The fourth-order valence-electron chi connectivity index (χ4n) is 3.04. The normalized spacial score (nSPS) is 11.0. The van der Waals surface area contributed by atoms with E-state index in [0.29, 0.717) is 10.6 Å². The summed E-state index contributed by atoms with van der Waals surface area (Å²) < 4.78 is 5.17. The number of nitrogens with one attached hydrogen (secondary N) is 1. The van der Waals surface area contributed by atoms with Crippen LogP contribution in [0.25, 0.3) is 21.9 Å². The van der Waals surface area contributed by atoms with E-state index in [2.05, 4.69) is 15.0 Å². The van der Waals surface area contributed by atoms with Crippen LogP contribution in [-0.2, 0) is 9.53 Å². The van der Waals surface area contributed by atoms with Crippen LogP contribution in [0.4, 0.5) is 0 Å². The Kier molecular flexibility index (Phi) is 5.08. The van der Waals surface area contributed by atoms with Gasteiger partial charge in [0.2, 0.25) is 5.78 Å². The molecule has 2 aromatic heterocycles. The first kappa shape index (κ1) is 18.2. The van der Waals surface area contributed by atoms with Crippen molar-refractivity contribution < 1.29 is 14.3 Å². The van der Waals surface area contributed by atoms with E-state index in [9.17, 15) is 9.59 Å². The number of hydrogen-bond donors (Lipinski definition) is 1. The van der Waals surface area contributed by atoms with E-state index < -0.39 is 5.97 Å². The Morgan fingerprint density at radius 1 is 1.07 bits per heavy atom. The second-order valence-electron chi connectivity index (χ2n) is 6.24. The molecule has 7 heteroatoms. The molecule has 140 valence electrons. The van der Waals surface area contributed by atoms with Gasteiger partial charge in [0, 0.05) is 22.2 Å². The highest BCUT2D eigenvalue weighted by atomic mass is 32.2. The SMILES string of the molecule is Cc1[nH]c2ccccc2c1C(=O)COC(=O)CSc1cnc2ccccc2n1. The molecule has 0 saturated carbocycles. The molecule has 0 spiro atoms. The zero-order chi connectivity index (χ0) is 19.5. The van der Waals surface area contributed by atoms with E-state index in [0.717, 1.165) is 27.6 Å². The molecule has 0 bridgehead atoms. The molecule has 4 rings (SSSR count). The Balaban J connectivity index is 1.36. The first-order valence-corrected chi connectivity index (χ1v) is 9.71. The summed E-state index contributed by atoms with van der Waals surface area (Å²) in [6, 6.07) is 15.1. The van der Waals surface area contributed by atoms with Gasteiger partial charge in [-0.15, -0.1) is 0 Å². The molecule has 0 amide bonds. The zero-order valence-corrected chi connectivity index (χ0v) is 16.0. The van der Waals surface area contributed by atoms with Gasteiger partial charge in [0.15, 0.2) is 6.61 Å². The second-order valence-corrected chi connectivity index (χ2v) is 7.24. The predicted molar refractivity (Wildman–Crippen MR) is 109 cm³/mol. The largest absolute Gasteiger partial charge is 0.457 e. The molecule has 2 heterocycles. The first-order chi connectivity index (χ1) is 13.6. The number of esters is 1. The van der Waals surface area contributed by atoms with Crippen molar-refractivity contribution in [1.82, 2.24) is 15.0 Å². The molecule has 28 heavy (non-hydrogen) atoms. The molecule has 0 aliphatic rings. The molecule has 2 aromatic carbocycles. The number of ether oxygens (including phenoxy) is 1. The number of aromatic nitrogens is 3. The van der Waals surface area contributed by atoms with Crippen LogP contribution in [0.1, 0.15) is 16.1 Å². The van der Waals surface area contributed by atoms with Gasteiger partial charge in [-0.3, -0.25) is 14.6 Å². The van der Waals surface area contributed by atoms with E-state index in [1.165, 1.54) is 11.8 Å². The molecule has 0 unspecified atom stereocenters. The van der Waals surface area contributed by atoms with Gasteiger partial charge >= 0.3 is 5.97 Å². The van der Waals surface area contributed by atoms with Crippen LogP contribution in [0.15, 0.2) is 59.8 Å². The minimum Gasteiger partial charge on any atom is -0.457 e. The van der Waals surface area contributed by atoms with Crippen molar-refractivity contribution in [3.05, 3.63) is 66.0 Å². The van der Waals surface area contributed by atoms with Gasteiger partial charge in [0.1, 0.15) is 5.03 Å². The van der Waals surface area contributed by atoms with Crippen LogP contribution in [0.3, 0.4) is 0 Å². The number of carbonyl (C=O) groups excluding carboxylic acids is 2. The van der Waals surface area contributed by atoms with Crippen molar-refractivity contribution in [2.45, 2.75) is 11.9 Å². The lowest BCUT2D eigenvalue weighted by atomic mass is 10.1. The van der Waals surface area contributed by atoms with Crippen LogP contribution in [0.5, 0.6) is 0 Å². The average Bonchev–Trinajstić information content (AvgIpc) is 3.06. The monoisotopic (exact) mass is 391 g/mol.